The van der Waals surface area contributed by atoms with E-state index >= 15 is 0 Å². The molecule has 0 saturated heterocycles. The second-order valence-electron chi connectivity index (χ2n) is 3.90. The van der Waals surface area contributed by atoms with Crippen LogP contribution < -0.4 is 0 Å². The first kappa shape index (κ1) is 16.9. The molecule has 118 valence electrons. The Balaban J connectivity index is 2.26. The predicted octanol–water partition coefficient (Wildman–Crippen LogP) is 3.90. The number of halogens is 5. The van der Waals surface area contributed by atoms with Gasteiger partial charge in [0.25, 0.3) is 0 Å². The lowest BCUT2D eigenvalue weighted by atomic mass is 10.3. The van der Waals surface area contributed by atoms with Crippen LogP contribution in [0.5, 0.6) is 11.8 Å². The van der Waals surface area contributed by atoms with Crippen LogP contribution in [-0.4, -0.2) is 25.2 Å². The Morgan fingerprint density at radius 1 is 1.18 bits per heavy atom. The monoisotopic (exact) mass is 371 g/mol. The smallest absolute Gasteiger partial charge is 0.433 e. The van der Waals surface area contributed by atoms with Gasteiger partial charge in [-0.05, 0) is 0 Å². The zero-order chi connectivity index (χ0) is 16.5. The summed E-state index contributed by atoms with van der Waals surface area (Å²) >= 11 is 12.4. The lowest BCUT2D eigenvalue weighted by Crippen LogP contribution is -2.09. The molecule has 0 saturated carbocycles. The molecule has 0 spiro atoms. The second kappa shape index (κ2) is 6.35. The molecule has 0 aromatic carbocycles. The van der Waals surface area contributed by atoms with Gasteiger partial charge in [-0.15, -0.1) is 0 Å². The van der Waals surface area contributed by atoms with E-state index < -0.39 is 23.6 Å². The standard InChI is InChI=1S/C11H6Cl2F3N3O2S/c12-5-2-17-9(21)8(13)4(5)3-22-10-18-6(11(14,15)16)1-7(20)19-10/h1-2H,3H2,(H,17,21)(H,18,19,20). The number of aromatic hydroxyl groups is 2. The zero-order valence-corrected chi connectivity index (χ0v) is 12.7. The molecule has 0 radical (unpaired) electrons. The van der Waals surface area contributed by atoms with Crippen molar-refractivity contribution in [3.63, 3.8) is 0 Å². The van der Waals surface area contributed by atoms with E-state index in [2.05, 4.69) is 15.0 Å². The van der Waals surface area contributed by atoms with Crippen LogP contribution in [0.1, 0.15) is 11.3 Å². The fraction of sp³-hybridized carbons (Fsp3) is 0.182. The summed E-state index contributed by atoms with van der Waals surface area (Å²) < 4.78 is 37.8. The third-order valence-electron chi connectivity index (χ3n) is 2.38. The third-order valence-corrected chi connectivity index (χ3v) is 3.97. The quantitative estimate of drug-likeness (QED) is 0.629. The Morgan fingerprint density at radius 3 is 2.50 bits per heavy atom. The van der Waals surface area contributed by atoms with Gasteiger partial charge in [0.2, 0.25) is 11.8 Å². The molecule has 2 aromatic rings. The first-order chi connectivity index (χ1) is 10.2. The highest BCUT2D eigenvalue weighted by atomic mass is 35.5. The van der Waals surface area contributed by atoms with Crippen molar-refractivity contribution in [3.05, 3.63) is 33.6 Å². The first-order valence-electron chi connectivity index (χ1n) is 5.48. The average molecular weight is 372 g/mol. The van der Waals surface area contributed by atoms with E-state index in [9.17, 15) is 23.4 Å². The van der Waals surface area contributed by atoms with Crippen molar-refractivity contribution >= 4 is 35.0 Å². The van der Waals surface area contributed by atoms with Crippen molar-refractivity contribution in [1.82, 2.24) is 15.0 Å². The fourth-order valence-electron chi connectivity index (χ4n) is 1.38. The van der Waals surface area contributed by atoms with Crippen LogP contribution in [0.3, 0.4) is 0 Å². The SMILES string of the molecule is Oc1cc(C(F)(F)F)nc(SCc2c(Cl)cnc(O)c2Cl)n1. The first-order valence-corrected chi connectivity index (χ1v) is 7.22. The van der Waals surface area contributed by atoms with Gasteiger partial charge in [-0.1, -0.05) is 35.0 Å². The minimum Gasteiger partial charge on any atom is -0.493 e. The summed E-state index contributed by atoms with van der Waals surface area (Å²) in [7, 11) is 0. The molecule has 22 heavy (non-hydrogen) atoms. The molecule has 0 aliphatic carbocycles. The Labute approximate surface area is 136 Å². The van der Waals surface area contributed by atoms with Gasteiger partial charge in [-0.2, -0.15) is 18.2 Å². The van der Waals surface area contributed by atoms with Gasteiger partial charge in [-0.25, -0.2) is 9.97 Å². The number of hydrogen-bond acceptors (Lipinski definition) is 6. The number of aromatic nitrogens is 3. The normalized spacial score (nSPS) is 11.7. The maximum Gasteiger partial charge on any atom is 0.433 e. The maximum atomic E-state index is 12.6. The molecule has 2 aromatic heterocycles. The van der Waals surface area contributed by atoms with Gasteiger partial charge in [0.05, 0.1) is 5.02 Å². The van der Waals surface area contributed by atoms with E-state index in [-0.39, 0.29) is 26.5 Å². The van der Waals surface area contributed by atoms with Gasteiger partial charge in [0, 0.05) is 23.6 Å². The highest BCUT2D eigenvalue weighted by molar-refractivity contribution is 7.98. The van der Waals surface area contributed by atoms with E-state index in [1.807, 2.05) is 0 Å². The molecule has 2 heterocycles. The molecule has 2 rings (SSSR count). The maximum absolute atomic E-state index is 12.6. The molecule has 0 aliphatic heterocycles. The van der Waals surface area contributed by atoms with Crippen molar-refractivity contribution in [1.29, 1.82) is 0 Å². The summed E-state index contributed by atoms with van der Waals surface area (Å²) in [5.41, 5.74) is -1.00. The molecule has 2 N–H and O–H groups in total. The molecule has 0 bridgehead atoms. The molecule has 0 atom stereocenters. The summed E-state index contributed by atoms with van der Waals surface area (Å²) in [6.45, 7) is 0. The molecular weight excluding hydrogens is 366 g/mol. The average Bonchev–Trinajstić information content (AvgIpc) is 2.41. The van der Waals surface area contributed by atoms with Crippen molar-refractivity contribution in [2.75, 3.05) is 0 Å². The van der Waals surface area contributed by atoms with E-state index in [4.69, 9.17) is 23.2 Å². The Hall–Kier alpha value is -1.45. The second-order valence-corrected chi connectivity index (χ2v) is 5.63. The number of hydrogen-bond donors (Lipinski definition) is 2. The number of pyridine rings is 1. The summed E-state index contributed by atoms with van der Waals surface area (Å²) in [4.78, 5) is 10.3. The third kappa shape index (κ3) is 3.84. The van der Waals surface area contributed by atoms with Crippen molar-refractivity contribution in [2.24, 2.45) is 0 Å². The van der Waals surface area contributed by atoms with E-state index in [1.165, 1.54) is 0 Å². The summed E-state index contributed by atoms with van der Waals surface area (Å²) in [6, 6.07) is 0.419. The van der Waals surface area contributed by atoms with Crippen LogP contribution in [-0.2, 0) is 11.9 Å². The van der Waals surface area contributed by atoms with Gasteiger partial charge in [0.1, 0.15) is 5.02 Å². The van der Waals surface area contributed by atoms with Crippen LogP contribution in [0.4, 0.5) is 13.2 Å². The Kier molecular flexibility index (Phi) is 4.88. The largest absolute Gasteiger partial charge is 0.493 e. The molecule has 0 amide bonds. The summed E-state index contributed by atoms with van der Waals surface area (Å²) in [5, 5.41) is 18.3. The fourth-order valence-corrected chi connectivity index (χ4v) is 2.91. The number of alkyl halides is 3. The Morgan fingerprint density at radius 2 is 1.86 bits per heavy atom. The minimum absolute atomic E-state index is 0.0193. The van der Waals surface area contributed by atoms with Crippen molar-refractivity contribution < 1.29 is 23.4 Å². The number of thioether (sulfide) groups is 1. The summed E-state index contributed by atoms with van der Waals surface area (Å²) in [5.74, 6) is -1.27. The van der Waals surface area contributed by atoms with E-state index in [0.29, 0.717) is 6.07 Å². The molecule has 0 aliphatic rings. The van der Waals surface area contributed by atoms with Crippen LogP contribution in [0.2, 0.25) is 10.0 Å². The topological polar surface area (TPSA) is 79.1 Å². The van der Waals surface area contributed by atoms with Gasteiger partial charge < -0.3 is 10.2 Å². The van der Waals surface area contributed by atoms with Gasteiger partial charge in [-0.3, -0.25) is 0 Å². The van der Waals surface area contributed by atoms with Crippen LogP contribution in [0.15, 0.2) is 17.4 Å². The molecule has 0 fully saturated rings. The molecule has 5 nitrogen and oxygen atoms in total. The van der Waals surface area contributed by atoms with Crippen molar-refractivity contribution in [3.8, 4) is 11.8 Å². The summed E-state index contributed by atoms with van der Waals surface area (Å²) in [6.07, 6.45) is -3.55. The highest BCUT2D eigenvalue weighted by Crippen LogP contribution is 2.36. The zero-order valence-electron chi connectivity index (χ0n) is 10.4. The van der Waals surface area contributed by atoms with Crippen LogP contribution >= 0.6 is 35.0 Å². The van der Waals surface area contributed by atoms with E-state index in [0.717, 1.165) is 18.0 Å². The van der Waals surface area contributed by atoms with Crippen molar-refractivity contribution in [2.45, 2.75) is 17.1 Å². The predicted molar refractivity (Wildman–Crippen MR) is 74.2 cm³/mol. The number of nitrogens with zero attached hydrogens (tertiary/aromatic N) is 3. The lowest BCUT2D eigenvalue weighted by Gasteiger charge is -2.09. The minimum atomic E-state index is -4.71. The van der Waals surface area contributed by atoms with Gasteiger partial charge in [0.15, 0.2) is 10.9 Å². The van der Waals surface area contributed by atoms with E-state index in [1.54, 1.807) is 0 Å². The van der Waals surface area contributed by atoms with Crippen LogP contribution in [0.25, 0.3) is 0 Å². The number of rotatable bonds is 3. The van der Waals surface area contributed by atoms with Gasteiger partial charge >= 0.3 is 6.18 Å². The molecular formula is C11H6Cl2F3N3O2S. The lowest BCUT2D eigenvalue weighted by molar-refractivity contribution is -0.141. The highest BCUT2D eigenvalue weighted by Gasteiger charge is 2.33. The van der Waals surface area contributed by atoms with Crippen LogP contribution in [0, 0.1) is 0 Å². The molecule has 11 heteroatoms. The molecule has 0 unspecified atom stereocenters. The Bertz CT molecular complexity index is 716.